The first kappa shape index (κ1) is 19.7. The number of likely N-dealkylation sites (tertiary alicyclic amines) is 1. The molecule has 0 aromatic heterocycles. The Labute approximate surface area is 181 Å². The molecule has 138 valence electrons. The van der Waals surface area contributed by atoms with Crippen molar-refractivity contribution >= 4 is 51.1 Å². The molecule has 2 aromatic rings. The maximum absolute atomic E-state index is 12.4. The number of hydrogen-bond donors (Lipinski definition) is 1. The highest BCUT2D eigenvalue weighted by atomic mass is 127. The molecule has 1 saturated heterocycles. The number of ether oxygens (including phenoxy) is 1. The first-order valence-electron chi connectivity index (χ1n) is 8.75. The van der Waals surface area contributed by atoms with Gasteiger partial charge in [0.25, 0.3) is 0 Å². The van der Waals surface area contributed by atoms with E-state index in [2.05, 4.69) is 57.3 Å². The second kappa shape index (κ2) is 9.25. The molecular formula is C20H21I2NO3. The summed E-state index contributed by atoms with van der Waals surface area (Å²) in [5.74, 6) is 1.98. The fraction of sp³-hybridized carbons (Fsp3) is 0.350. The molecule has 1 amide bonds. The lowest BCUT2D eigenvalue weighted by Crippen LogP contribution is -2.35. The Bertz CT molecular complexity index is 748. The third kappa shape index (κ3) is 5.25. The van der Waals surface area contributed by atoms with Crippen LogP contribution in [0.4, 0.5) is 0 Å². The van der Waals surface area contributed by atoms with Crippen LogP contribution in [0, 0.1) is 7.14 Å². The largest absolute Gasteiger partial charge is 0.508 e. The van der Waals surface area contributed by atoms with Gasteiger partial charge in [0.15, 0.2) is 5.75 Å². The van der Waals surface area contributed by atoms with Crippen molar-refractivity contribution in [3.63, 3.8) is 0 Å². The predicted octanol–water partition coefficient (Wildman–Crippen LogP) is 5.34. The molecule has 1 aliphatic heterocycles. The Morgan fingerprint density at radius 2 is 1.65 bits per heavy atom. The average Bonchev–Trinajstić information content (AvgIpc) is 2.65. The molecule has 0 bridgehead atoms. The summed E-state index contributed by atoms with van der Waals surface area (Å²) in [5, 5.41) is 9.38. The lowest BCUT2D eigenvalue weighted by Gasteiger charge is -2.26. The Hall–Kier alpha value is -1.03. The summed E-state index contributed by atoms with van der Waals surface area (Å²) in [6, 6.07) is 10.9. The number of aromatic hydroxyl groups is 1. The molecule has 0 unspecified atom stereocenters. The van der Waals surface area contributed by atoms with Gasteiger partial charge in [0.05, 0.1) is 7.14 Å². The van der Waals surface area contributed by atoms with E-state index >= 15 is 0 Å². The zero-order valence-electron chi connectivity index (χ0n) is 14.4. The monoisotopic (exact) mass is 577 g/mol. The summed E-state index contributed by atoms with van der Waals surface area (Å²) in [6.07, 6.45) is 4.81. The van der Waals surface area contributed by atoms with Gasteiger partial charge < -0.3 is 14.7 Å². The first-order valence-corrected chi connectivity index (χ1v) is 10.9. The van der Waals surface area contributed by atoms with Crippen molar-refractivity contribution in [2.24, 2.45) is 0 Å². The minimum atomic E-state index is 0.218. The summed E-state index contributed by atoms with van der Waals surface area (Å²) in [5.41, 5.74) is 1.15. The van der Waals surface area contributed by atoms with Gasteiger partial charge in [-0.25, -0.2) is 0 Å². The van der Waals surface area contributed by atoms with E-state index in [9.17, 15) is 9.90 Å². The van der Waals surface area contributed by atoms with Crippen LogP contribution in [0.5, 0.6) is 17.2 Å². The molecule has 2 aromatic carbocycles. The molecule has 3 rings (SSSR count). The zero-order chi connectivity index (χ0) is 18.5. The molecule has 1 N–H and O–H groups in total. The molecule has 26 heavy (non-hydrogen) atoms. The number of aryl methyl sites for hydroxylation is 1. The van der Waals surface area contributed by atoms with E-state index in [1.54, 1.807) is 24.3 Å². The van der Waals surface area contributed by atoms with E-state index in [1.165, 1.54) is 6.42 Å². The smallest absolute Gasteiger partial charge is 0.222 e. The van der Waals surface area contributed by atoms with E-state index < -0.39 is 0 Å². The highest BCUT2D eigenvalue weighted by Crippen LogP contribution is 2.33. The van der Waals surface area contributed by atoms with E-state index in [0.29, 0.717) is 12.2 Å². The molecule has 4 nitrogen and oxygen atoms in total. The Morgan fingerprint density at radius 1 is 1.04 bits per heavy atom. The topological polar surface area (TPSA) is 49.8 Å². The fourth-order valence-electron chi connectivity index (χ4n) is 3.04. The molecule has 1 aliphatic rings. The highest BCUT2D eigenvalue weighted by molar-refractivity contribution is 14.1. The van der Waals surface area contributed by atoms with Gasteiger partial charge in [-0.05, 0) is 113 Å². The average molecular weight is 577 g/mol. The minimum absolute atomic E-state index is 0.218. The summed E-state index contributed by atoms with van der Waals surface area (Å²) in [4.78, 5) is 14.4. The van der Waals surface area contributed by atoms with Crippen molar-refractivity contribution in [3.05, 3.63) is 49.1 Å². The van der Waals surface area contributed by atoms with E-state index in [1.807, 2.05) is 4.90 Å². The minimum Gasteiger partial charge on any atom is -0.508 e. The van der Waals surface area contributed by atoms with Crippen LogP contribution in [0.3, 0.4) is 0 Å². The second-order valence-electron chi connectivity index (χ2n) is 6.43. The van der Waals surface area contributed by atoms with E-state index in [0.717, 1.165) is 50.8 Å². The molecule has 0 atom stereocenters. The maximum atomic E-state index is 12.4. The third-order valence-electron chi connectivity index (χ3n) is 4.45. The molecule has 0 radical (unpaired) electrons. The van der Waals surface area contributed by atoms with Crippen molar-refractivity contribution in [1.82, 2.24) is 4.90 Å². The molecule has 6 heteroatoms. The number of phenolic OH excluding ortho intramolecular Hbond substituents is 1. The lowest BCUT2D eigenvalue weighted by molar-refractivity contribution is -0.132. The van der Waals surface area contributed by atoms with Crippen molar-refractivity contribution in [2.45, 2.75) is 32.1 Å². The Balaban J connectivity index is 1.64. The standard InChI is InChI=1S/C20H21I2NO3/c21-17-12-14(4-9-19(25)23-10-2-1-3-11-23)13-18(22)20(17)26-16-7-5-15(24)6-8-16/h5-8,12-13,24H,1-4,9-11H2. The Kier molecular flexibility index (Phi) is 7.02. The van der Waals surface area contributed by atoms with Crippen LogP contribution >= 0.6 is 45.2 Å². The number of nitrogens with zero attached hydrogens (tertiary/aromatic N) is 1. The van der Waals surface area contributed by atoms with Gasteiger partial charge in [-0.15, -0.1) is 0 Å². The summed E-state index contributed by atoms with van der Waals surface area (Å²) in [6.45, 7) is 1.82. The van der Waals surface area contributed by atoms with Crippen LogP contribution in [0.15, 0.2) is 36.4 Å². The lowest BCUT2D eigenvalue weighted by atomic mass is 10.1. The molecule has 0 aliphatic carbocycles. The number of amides is 1. The van der Waals surface area contributed by atoms with Crippen LogP contribution in [-0.2, 0) is 11.2 Å². The predicted molar refractivity (Wildman–Crippen MR) is 119 cm³/mol. The summed E-state index contributed by atoms with van der Waals surface area (Å²) < 4.78 is 8.00. The fourth-order valence-corrected chi connectivity index (χ4v) is 5.16. The van der Waals surface area contributed by atoms with Gasteiger partial charge in [-0.3, -0.25) is 4.79 Å². The molecule has 1 heterocycles. The van der Waals surface area contributed by atoms with Gasteiger partial charge >= 0.3 is 0 Å². The molecular weight excluding hydrogens is 556 g/mol. The SMILES string of the molecule is O=C(CCc1cc(I)c(Oc2ccc(O)cc2)c(I)c1)N1CCCCC1. The van der Waals surface area contributed by atoms with Crippen LogP contribution in [0.2, 0.25) is 0 Å². The molecule has 1 fully saturated rings. The zero-order valence-corrected chi connectivity index (χ0v) is 18.7. The normalized spacial score (nSPS) is 14.3. The quantitative estimate of drug-likeness (QED) is 0.489. The van der Waals surface area contributed by atoms with Crippen LogP contribution in [-0.4, -0.2) is 29.0 Å². The van der Waals surface area contributed by atoms with Crippen LogP contribution < -0.4 is 4.74 Å². The number of phenols is 1. The molecule has 0 spiro atoms. The third-order valence-corrected chi connectivity index (χ3v) is 6.05. The number of carbonyl (C=O) groups is 1. The van der Waals surface area contributed by atoms with Crippen molar-refractivity contribution < 1.29 is 14.6 Å². The van der Waals surface area contributed by atoms with Gasteiger partial charge in [0.1, 0.15) is 11.5 Å². The van der Waals surface area contributed by atoms with Crippen molar-refractivity contribution in [1.29, 1.82) is 0 Å². The number of halogens is 2. The van der Waals surface area contributed by atoms with Crippen LogP contribution in [0.25, 0.3) is 0 Å². The highest BCUT2D eigenvalue weighted by Gasteiger charge is 2.17. The number of rotatable bonds is 5. The number of benzene rings is 2. The van der Waals surface area contributed by atoms with E-state index in [4.69, 9.17) is 4.74 Å². The summed E-state index contributed by atoms with van der Waals surface area (Å²) >= 11 is 4.54. The van der Waals surface area contributed by atoms with Gasteiger partial charge in [0.2, 0.25) is 5.91 Å². The maximum Gasteiger partial charge on any atom is 0.222 e. The summed E-state index contributed by atoms with van der Waals surface area (Å²) in [7, 11) is 0. The Morgan fingerprint density at radius 3 is 2.27 bits per heavy atom. The number of piperidine rings is 1. The second-order valence-corrected chi connectivity index (χ2v) is 8.75. The first-order chi connectivity index (χ1) is 12.5. The van der Waals surface area contributed by atoms with Gasteiger partial charge in [-0.2, -0.15) is 0 Å². The van der Waals surface area contributed by atoms with Crippen molar-refractivity contribution in [2.75, 3.05) is 13.1 Å². The molecule has 0 saturated carbocycles. The van der Waals surface area contributed by atoms with E-state index in [-0.39, 0.29) is 11.7 Å². The van der Waals surface area contributed by atoms with Gasteiger partial charge in [0, 0.05) is 19.5 Å². The number of hydrogen-bond acceptors (Lipinski definition) is 3. The van der Waals surface area contributed by atoms with Gasteiger partial charge in [-0.1, -0.05) is 0 Å². The number of carbonyl (C=O) groups excluding carboxylic acids is 1. The van der Waals surface area contributed by atoms with Crippen LogP contribution in [0.1, 0.15) is 31.2 Å². The van der Waals surface area contributed by atoms with Crippen molar-refractivity contribution in [3.8, 4) is 17.2 Å².